The molecule has 3 rings (SSSR count). The Hall–Kier alpha value is -3.45. The topological polar surface area (TPSA) is 85.4 Å². The van der Waals surface area contributed by atoms with E-state index in [9.17, 15) is 4.79 Å². The number of nitrogens with one attached hydrogen (secondary N) is 2. The van der Waals surface area contributed by atoms with Gasteiger partial charge >= 0.3 is 0 Å². The lowest BCUT2D eigenvalue weighted by molar-refractivity contribution is -0.123. The number of hydrogen-bond donors (Lipinski definition) is 2. The summed E-state index contributed by atoms with van der Waals surface area (Å²) >= 11 is 0. The summed E-state index contributed by atoms with van der Waals surface area (Å²) in [5, 5.41) is 6.41. The van der Waals surface area contributed by atoms with Crippen molar-refractivity contribution in [1.82, 2.24) is 20.6 Å². The summed E-state index contributed by atoms with van der Waals surface area (Å²) in [6, 6.07) is 12.9. The second-order valence-electron chi connectivity index (χ2n) is 7.01. The van der Waals surface area contributed by atoms with Gasteiger partial charge in [-0.25, -0.2) is 0 Å². The molecule has 0 aliphatic heterocycles. The van der Waals surface area contributed by atoms with Crippen molar-refractivity contribution >= 4 is 5.91 Å². The van der Waals surface area contributed by atoms with Gasteiger partial charge in [-0.3, -0.25) is 14.8 Å². The van der Waals surface area contributed by atoms with Crippen LogP contribution in [0.3, 0.4) is 0 Å². The van der Waals surface area contributed by atoms with Crippen molar-refractivity contribution in [2.45, 2.75) is 18.9 Å². The molecular formula is C24H28N4O3. The van der Waals surface area contributed by atoms with E-state index in [1.807, 2.05) is 48.7 Å². The van der Waals surface area contributed by atoms with Gasteiger partial charge in [0.05, 0.1) is 14.2 Å². The van der Waals surface area contributed by atoms with E-state index in [-0.39, 0.29) is 5.91 Å². The molecule has 2 aromatic heterocycles. The fourth-order valence-corrected chi connectivity index (χ4v) is 3.28. The third-order valence-corrected chi connectivity index (χ3v) is 4.95. The molecule has 0 aliphatic rings. The number of aromatic nitrogens is 2. The molecule has 0 saturated carbocycles. The fraction of sp³-hybridized carbons (Fsp3) is 0.292. The van der Waals surface area contributed by atoms with Crippen LogP contribution >= 0.6 is 0 Å². The van der Waals surface area contributed by atoms with Crippen LogP contribution in [0.1, 0.15) is 22.7 Å². The minimum atomic E-state index is -0.518. The predicted octanol–water partition coefficient (Wildman–Crippen LogP) is 2.73. The number of hydrogen-bond acceptors (Lipinski definition) is 6. The molecule has 1 atom stereocenters. The zero-order valence-electron chi connectivity index (χ0n) is 17.9. The van der Waals surface area contributed by atoms with Crippen molar-refractivity contribution in [3.63, 3.8) is 0 Å². The number of carbonyl (C=O) groups excluding carboxylic acids is 1. The van der Waals surface area contributed by atoms with Gasteiger partial charge in [0.15, 0.2) is 11.5 Å². The highest BCUT2D eigenvalue weighted by Crippen LogP contribution is 2.30. The molecule has 7 heteroatoms. The average molecular weight is 421 g/mol. The summed E-state index contributed by atoms with van der Waals surface area (Å²) in [7, 11) is 3.18. The quantitative estimate of drug-likeness (QED) is 0.496. The molecule has 1 amide bonds. The molecule has 0 fully saturated rings. The molecular weight excluding hydrogens is 392 g/mol. The number of benzene rings is 1. The number of carbonyl (C=O) groups is 1. The zero-order valence-corrected chi connectivity index (χ0v) is 17.9. The van der Waals surface area contributed by atoms with Crippen molar-refractivity contribution in [2.24, 2.45) is 0 Å². The summed E-state index contributed by atoms with van der Waals surface area (Å²) < 4.78 is 10.7. The molecule has 0 bridgehead atoms. The molecule has 1 unspecified atom stereocenters. The normalized spacial score (nSPS) is 11.5. The predicted molar refractivity (Wildman–Crippen MR) is 119 cm³/mol. The Bertz CT molecular complexity index is 952. The maximum absolute atomic E-state index is 13.1. The lowest BCUT2D eigenvalue weighted by Gasteiger charge is -2.20. The highest BCUT2D eigenvalue weighted by atomic mass is 16.5. The fourth-order valence-electron chi connectivity index (χ4n) is 3.28. The first-order valence-electron chi connectivity index (χ1n) is 10.2. The highest BCUT2D eigenvalue weighted by Gasteiger charge is 2.21. The van der Waals surface area contributed by atoms with Crippen LogP contribution in [0.2, 0.25) is 0 Å². The van der Waals surface area contributed by atoms with E-state index < -0.39 is 6.04 Å². The second kappa shape index (κ2) is 11.7. The maximum atomic E-state index is 13.1. The van der Waals surface area contributed by atoms with E-state index in [1.54, 1.807) is 32.8 Å². The summed E-state index contributed by atoms with van der Waals surface area (Å²) in [4.78, 5) is 21.2. The summed E-state index contributed by atoms with van der Waals surface area (Å²) in [5.74, 6) is 1.12. The largest absolute Gasteiger partial charge is 0.493 e. The zero-order chi connectivity index (χ0) is 21.9. The Balaban J connectivity index is 1.69. The summed E-state index contributed by atoms with van der Waals surface area (Å²) in [6.07, 6.45) is 8.59. The Morgan fingerprint density at radius 3 is 2.39 bits per heavy atom. The lowest BCUT2D eigenvalue weighted by Crippen LogP contribution is -2.39. The maximum Gasteiger partial charge on any atom is 0.241 e. The van der Waals surface area contributed by atoms with E-state index in [0.717, 1.165) is 29.5 Å². The van der Waals surface area contributed by atoms with Crippen molar-refractivity contribution in [3.05, 3.63) is 83.9 Å². The van der Waals surface area contributed by atoms with Crippen LogP contribution in [0.25, 0.3) is 0 Å². The van der Waals surface area contributed by atoms with Crippen LogP contribution < -0.4 is 20.1 Å². The average Bonchev–Trinajstić information content (AvgIpc) is 2.82. The molecule has 2 heterocycles. The number of rotatable bonds is 11. The smallest absolute Gasteiger partial charge is 0.241 e. The first kappa shape index (κ1) is 22.2. The lowest BCUT2D eigenvalue weighted by atomic mass is 10.0. The van der Waals surface area contributed by atoms with E-state index in [4.69, 9.17) is 9.47 Å². The first-order chi connectivity index (χ1) is 15.2. The number of methoxy groups -OCH3 is 2. The van der Waals surface area contributed by atoms with Gasteiger partial charge in [0.25, 0.3) is 0 Å². The molecule has 3 aromatic rings. The molecule has 0 radical (unpaired) electrons. The van der Waals surface area contributed by atoms with Gasteiger partial charge in [-0.1, -0.05) is 12.1 Å². The van der Waals surface area contributed by atoms with Crippen LogP contribution in [0, 0.1) is 0 Å². The van der Waals surface area contributed by atoms with Gasteiger partial charge in [0.2, 0.25) is 5.91 Å². The Labute approximate surface area is 182 Å². The number of amides is 1. The third-order valence-electron chi connectivity index (χ3n) is 4.95. The van der Waals surface area contributed by atoms with Gasteiger partial charge in [0, 0.05) is 37.9 Å². The van der Waals surface area contributed by atoms with Gasteiger partial charge in [-0.15, -0.1) is 0 Å². The Morgan fingerprint density at radius 2 is 1.68 bits per heavy atom. The van der Waals surface area contributed by atoms with Crippen molar-refractivity contribution in [3.8, 4) is 11.5 Å². The molecule has 0 saturated heterocycles. The number of ether oxygens (including phenoxy) is 2. The highest BCUT2D eigenvalue weighted by molar-refractivity contribution is 5.83. The number of nitrogens with zero attached hydrogens (tertiary/aromatic N) is 2. The Kier molecular flexibility index (Phi) is 8.37. The Morgan fingerprint density at radius 1 is 0.903 bits per heavy atom. The monoisotopic (exact) mass is 420 g/mol. The molecule has 2 N–H and O–H groups in total. The van der Waals surface area contributed by atoms with Gasteiger partial charge in [0.1, 0.15) is 6.04 Å². The minimum Gasteiger partial charge on any atom is -0.493 e. The van der Waals surface area contributed by atoms with Crippen molar-refractivity contribution < 1.29 is 14.3 Å². The molecule has 7 nitrogen and oxygen atoms in total. The van der Waals surface area contributed by atoms with Gasteiger partial charge < -0.3 is 20.1 Å². The van der Waals surface area contributed by atoms with Gasteiger partial charge in [-0.05, 0) is 59.9 Å². The van der Waals surface area contributed by atoms with Crippen molar-refractivity contribution in [1.29, 1.82) is 0 Å². The van der Waals surface area contributed by atoms with Crippen LogP contribution in [0.5, 0.6) is 11.5 Å². The van der Waals surface area contributed by atoms with Gasteiger partial charge in [-0.2, -0.15) is 0 Å². The molecule has 0 aliphatic carbocycles. The van der Waals surface area contributed by atoms with Crippen LogP contribution in [-0.2, 0) is 17.6 Å². The van der Waals surface area contributed by atoms with Crippen LogP contribution in [0.15, 0.2) is 67.3 Å². The van der Waals surface area contributed by atoms with Crippen molar-refractivity contribution in [2.75, 3.05) is 27.3 Å². The first-order valence-corrected chi connectivity index (χ1v) is 10.2. The van der Waals surface area contributed by atoms with E-state index >= 15 is 0 Å². The third kappa shape index (κ3) is 6.52. The molecule has 31 heavy (non-hydrogen) atoms. The standard InChI is InChI=1S/C24H28N4O3/c1-30-21-6-5-20(16-22(21)31-2)23(27-14-9-18-7-12-25-13-8-18)24(29)28-15-10-19-4-3-11-26-17-19/h3-8,11-13,16-17,23,27H,9-10,14-15H2,1-2H3,(H,28,29). The SMILES string of the molecule is COc1ccc(C(NCCc2ccncc2)C(=O)NCCc2cccnc2)cc1OC. The second-order valence-corrected chi connectivity index (χ2v) is 7.01. The molecule has 162 valence electrons. The van der Waals surface area contributed by atoms with Crippen LogP contribution in [-0.4, -0.2) is 43.2 Å². The minimum absolute atomic E-state index is 0.0918. The van der Waals surface area contributed by atoms with E-state index in [2.05, 4.69) is 20.6 Å². The number of pyridine rings is 2. The summed E-state index contributed by atoms with van der Waals surface area (Å²) in [6.45, 7) is 1.17. The van der Waals surface area contributed by atoms with E-state index in [1.165, 1.54) is 0 Å². The van der Waals surface area contributed by atoms with E-state index in [0.29, 0.717) is 24.6 Å². The summed E-state index contributed by atoms with van der Waals surface area (Å²) in [5.41, 5.74) is 3.05. The van der Waals surface area contributed by atoms with Crippen LogP contribution in [0.4, 0.5) is 0 Å². The molecule has 0 spiro atoms. The molecule has 1 aromatic carbocycles.